The van der Waals surface area contributed by atoms with E-state index in [-0.39, 0.29) is 24.0 Å². The van der Waals surface area contributed by atoms with Crippen molar-refractivity contribution in [1.82, 2.24) is 14.7 Å². The highest BCUT2D eigenvalue weighted by Gasteiger charge is 2.18. The molecule has 7 heteroatoms. The summed E-state index contributed by atoms with van der Waals surface area (Å²) < 4.78 is 7.10. The molecule has 1 fully saturated rings. The number of aromatic nitrogens is 2. The SMILES string of the molecule is COc1c(CN=C(N)N2CCCC(C)C2)c(C)nn1C.I. The zero-order valence-electron chi connectivity index (χ0n) is 13.3. The van der Waals surface area contributed by atoms with Crippen molar-refractivity contribution >= 4 is 29.9 Å². The Morgan fingerprint density at radius 3 is 2.86 bits per heavy atom. The molecule has 0 spiro atoms. The number of nitrogens with zero attached hydrogens (tertiary/aromatic N) is 4. The van der Waals surface area contributed by atoms with Crippen molar-refractivity contribution in [2.24, 2.45) is 23.7 Å². The minimum absolute atomic E-state index is 0. The molecule has 6 nitrogen and oxygen atoms in total. The Kier molecular flexibility index (Phi) is 6.76. The molecule has 0 bridgehead atoms. The number of nitrogens with two attached hydrogens (primary N) is 1. The summed E-state index contributed by atoms with van der Waals surface area (Å²) in [6.45, 7) is 6.74. The van der Waals surface area contributed by atoms with E-state index in [9.17, 15) is 0 Å². The van der Waals surface area contributed by atoms with Crippen LogP contribution in [0.1, 0.15) is 31.0 Å². The number of aryl methyl sites for hydroxylation is 2. The molecular formula is C14H26IN5O. The van der Waals surface area contributed by atoms with Gasteiger partial charge in [-0.2, -0.15) is 5.10 Å². The summed E-state index contributed by atoms with van der Waals surface area (Å²) >= 11 is 0. The van der Waals surface area contributed by atoms with Crippen molar-refractivity contribution in [3.63, 3.8) is 0 Å². The first-order valence-electron chi connectivity index (χ1n) is 7.14. The number of rotatable bonds is 3. The molecule has 2 N–H and O–H groups in total. The molecule has 21 heavy (non-hydrogen) atoms. The zero-order valence-corrected chi connectivity index (χ0v) is 15.6. The number of methoxy groups -OCH3 is 1. The maximum atomic E-state index is 6.11. The summed E-state index contributed by atoms with van der Waals surface area (Å²) in [5, 5.41) is 4.35. The average Bonchev–Trinajstić information content (AvgIpc) is 2.69. The average molecular weight is 407 g/mol. The predicted octanol–water partition coefficient (Wildman–Crippen LogP) is 1.90. The third-order valence-corrected chi connectivity index (χ3v) is 3.86. The maximum absolute atomic E-state index is 6.11. The Bertz CT molecular complexity index is 500. The Morgan fingerprint density at radius 1 is 1.52 bits per heavy atom. The second-order valence-corrected chi connectivity index (χ2v) is 5.56. The fraction of sp³-hybridized carbons (Fsp3) is 0.714. The van der Waals surface area contributed by atoms with Crippen LogP contribution in [0.25, 0.3) is 0 Å². The van der Waals surface area contributed by atoms with Gasteiger partial charge in [-0.3, -0.25) is 0 Å². The van der Waals surface area contributed by atoms with Gasteiger partial charge in [0.25, 0.3) is 0 Å². The van der Waals surface area contributed by atoms with E-state index in [0.29, 0.717) is 18.4 Å². The van der Waals surface area contributed by atoms with E-state index in [0.717, 1.165) is 30.2 Å². The van der Waals surface area contributed by atoms with Crippen LogP contribution in [0.2, 0.25) is 0 Å². The van der Waals surface area contributed by atoms with Crippen molar-refractivity contribution in [3.8, 4) is 5.88 Å². The third-order valence-electron chi connectivity index (χ3n) is 3.86. The molecule has 120 valence electrons. The van der Waals surface area contributed by atoms with E-state index >= 15 is 0 Å². The number of likely N-dealkylation sites (tertiary alicyclic amines) is 1. The fourth-order valence-corrected chi connectivity index (χ4v) is 2.78. The van der Waals surface area contributed by atoms with Crippen molar-refractivity contribution < 1.29 is 4.74 Å². The second kappa shape index (κ2) is 7.86. The number of hydrogen-bond acceptors (Lipinski definition) is 3. The van der Waals surface area contributed by atoms with Gasteiger partial charge in [0.15, 0.2) is 5.96 Å². The largest absolute Gasteiger partial charge is 0.481 e. The Labute approximate surface area is 143 Å². The second-order valence-electron chi connectivity index (χ2n) is 5.56. The lowest BCUT2D eigenvalue weighted by Crippen LogP contribution is -2.43. The van der Waals surface area contributed by atoms with E-state index in [2.05, 4.69) is 21.9 Å². The van der Waals surface area contributed by atoms with Crippen LogP contribution in [-0.4, -0.2) is 40.8 Å². The first-order valence-corrected chi connectivity index (χ1v) is 7.14. The quantitative estimate of drug-likeness (QED) is 0.472. The van der Waals surface area contributed by atoms with Gasteiger partial charge in [0.05, 0.1) is 24.9 Å². The van der Waals surface area contributed by atoms with Crippen LogP contribution < -0.4 is 10.5 Å². The van der Waals surface area contributed by atoms with Crippen LogP contribution in [0.5, 0.6) is 5.88 Å². The van der Waals surface area contributed by atoms with Gasteiger partial charge in [0, 0.05) is 20.1 Å². The van der Waals surface area contributed by atoms with Crippen LogP contribution in [0.3, 0.4) is 0 Å². The Balaban J connectivity index is 0.00000220. The molecule has 1 aromatic rings. The highest BCUT2D eigenvalue weighted by molar-refractivity contribution is 14.0. The molecule has 0 amide bonds. The van der Waals surface area contributed by atoms with Crippen molar-refractivity contribution in [2.45, 2.75) is 33.2 Å². The number of piperidine rings is 1. The van der Waals surface area contributed by atoms with E-state index < -0.39 is 0 Å². The van der Waals surface area contributed by atoms with Crippen LogP contribution in [-0.2, 0) is 13.6 Å². The molecule has 1 aliphatic rings. The monoisotopic (exact) mass is 407 g/mol. The van der Waals surface area contributed by atoms with Gasteiger partial charge in [-0.1, -0.05) is 6.92 Å². The summed E-state index contributed by atoms with van der Waals surface area (Å²) in [4.78, 5) is 6.70. The van der Waals surface area contributed by atoms with Gasteiger partial charge in [-0.25, -0.2) is 9.67 Å². The van der Waals surface area contributed by atoms with Gasteiger partial charge in [0.1, 0.15) is 0 Å². The van der Waals surface area contributed by atoms with Crippen LogP contribution in [0, 0.1) is 12.8 Å². The fourth-order valence-electron chi connectivity index (χ4n) is 2.78. The standard InChI is InChI=1S/C14H25N5O.HI/c1-10-6-5-7-19(9-10)14(15)16-8-12-11(2)17-18(3)13(12)20-4;/h10H,5-9H2,1-4H3,(H2,15,16);1H. The Hall–Kier alpha value is -0.990. The van der Waals surface area contributed by atoms with E-state index in [1.165, 1.54) is 12.8 Å². The molecule has 0 saturated carbocycles. The van der Waals surface area contributed by atoms with Crippen LogP contribution >= 0.6 is 24.0 Å². The molecule has 1 aromatic heterocycles. The Morgan fingerprint density at radius 2 is 2.24 bits per heavy atom. The summed E-state index contributed by atoms with van der Waals surface area (Å²) in [6, 6.07) is 0. The molecule has 1 aliphatic heterocycles. The number of halogens is 1. The summed E-state index contributed by atoms with van der Waals surface area (Å²) in [7, 11) is 3.52. The molecule has 2 rings (SSSR count). The third kappa shape index (κ3) is 4.24. The van der Waals surface area contributed by atoms with Crippen molar-refractivity contribution in [2.75, 3.05) is 20.2 Å². The van der Waals surface area contributed by atoms with E-state index in [1.54, 1.807) is 11.8 Å². The van der Waals surface area contributed by atoms with Gasteiger partial charge in [-0.15, -0.1) is 24.0 Å². The zero-order chi connectivity index (χ0) is 14.7. The topological polar surface area (TPSA) is 68.7 Å². The van der Waals surface area contributed by atoms with E-state index in [4.69, 9.17) is 10.5 Å². The molecule has 0 radical (unpaired) electrons. The lowest BCUT2D eigenvalue weighted by Gasteiger charge is -2.31. The molecule has 1 atom stereocenters. The summed E-state index contributed by atoms with van der Waals surface area (Å²) in [5.41, 5.74) is 8.06. The molecule has 2 heterocycles. The highest BCUT2D eigenvalue weighted by Crippen LogP contribution is 2.22. The molecule has 0 aliphatic carbocycles. The molecular weight excluding hydrogens is 381 g/mol. The minimum Gasteiger partial charge on any atom is -0.481 e. The number of aliphatic imine (C=N–C) groups is 1. The van der Waals surface area contributed by atoms with Gasteiger partial charge < -0.3 is 15.4 Å². The highest BCUT2D eigenvalue weighted by atomic mass is 127. The lowest BCUT2D eigenvalue weighted by molar-refractivity contribution is 0.270. The lowest BCUT2D eigenvalue weighted by atomic mass is 10.0. The normalized spacial score (nSPS) is 19.3. The van der Waals surface area contributed by atoms with Crippen molar-refractivity contribution in [1.29, 1.82) is 0 Å². The number of ether oxygens (including phenoxy) is 1. The first-order chi connectivity index (χ1) is 9.52. The maximum Gasteiger partial charge on any atom is 0.216 e. The smallest absolute Gasteiger partial charge is 0.216 e. The predicted molar refractivity (Wildman–Crippen MR) is 95.2 cm³/mol. The van der Waals surface area contributed by atoms with Crippen LogP contribution in [0.4, 0.5) is 0 Å². The first kappa shape index (κ1) is 18.1. The number of guanidine groups is 1. The summed E-state index contributed by atoms with van der Waals surface area (Å²) in [5.74, 6) is 2.07. The van der Waals surface area contributed by atoms with Crippen LogP contribution in [0.15, 0.2) is 4.99 Å². The van der Waals surface area contributed by atoms with Gasteiger partial charge in [-0.05, 0) is 25.7 Å². The van der Waals surface area contributed by atoms with Gasteiger partial charge in [0.2, 0.25) is 5.88 Å². The van der Waals surface area contributed by atoms with Crippen molar-refractivity contribution in [3.05, 3.63) is 11.3 Å². The molecule has 1 saturated heterocycles. The minimum atomic E-state index is 0. The summed E-state index contributed by atoms with van der Waals surface area (Å²) in [6.07, 6.45) is 2.46. The number of hydrogen-bond donors (Lipinski definition) is 1. The molecule has 1 unspecified atom stereocenters. The molecule has 0 aromatic carbocycles. The van der Waals surface area contributed by atoms with Gasteiger partial charge >= 0.3 is 0 Å². The van der Waals surface area contributed by atoms with E-state index in [1.807, 2.05) is 14.0 Å².